The van der Waals surface area contributed by atoms with E-state index >= 15 is 0 Å². The fourth-order valence-electron chi connectivity index (χ4n) is 2.64. The average molecular weight is 395 g/mol. The van der Waals surface area contributed by atoms with Crippen molar-refractivity contribution in [1.82, 2.24) is 9.97 Å². The largest absolute Gasteiger partial charge is 0.497 e. The first-order valence-corrected chi connectivity index (χ1v) is 8.61. The molecule has 0 amide bonds. The van der Waals surface area contributed by atoms with Crippen molar-refractivity contribution in [2.45, 2.75) is 0 Å². The van der Waals surface area contributed by atoms with Gasteiger partial charge in [0.2, 0.25) is 0 Å². The second-order valence-electron chi connectivity index (χ2n) is 5.84. The summed E-state index contributed by atoms with van der Waals surface area (Å²) >= 11 is 0. The first-order chi connectivity index (χ1) is 14.1. The minimum atomic E-state index is -0.472. The van der Waals surface area contributed by atoms with Gasteiger partial charge in [0.25, 0.3) is 0 Å². The number of nitrogen functional groups attached to an aromatic ring is 1. The van der Waals surface area contributed by atoms with E-state index in [1.807, 2.05) is 0 Å². The molecular formula is C20H21N5O4. The Morgan fingerprint density at radius 2 is 1.62 bits per heavy atom. The number of carbonyl (C=O) groups is 1. The average Bonchev–Trinajstić information content (AvgIpc) is 2.76. The number of hydrogen-bond acceptors (Lipinski definition) is 9. The number of esters is 1. The van der Waals surface area contributed by atoms with Crippen LogP contribution in [0.1, 0.15) is 10.4 Å². The molecule has 2 aromatic carbocycles. The predicted octanol–water partition coefficient (Wildman–Crippen LogP) is 3.35. The Hall–Kier alpha value is -4.01. The zero-order valence-corrected chi connectivity index (χ0v) is 16.2. The lowest BCUT2D eigenvalue weighted by Crippen LogP contribution is -2.09. The fourth-order valence-corrected chi connectivity index (χ4v) is 2.64. The molecule has 0 unspecified atom stereocenters. The van der Waals surface area contributed by atoms with Crippen molar-refractivity contribution in [2.75, 3.05) is 37.7 Å². The van der Waals surface area contributed by atoms with Crippen LogP contribution in [0.15, 0.2) is 48.8 Å². The highest BCUT2D eigenvalue weighted by atomic mass is 16.5. The van der Waals surface area contributed by atoms with Gasteiger partial charge in [-0.05, 0) is 24.3 Å². The maximum Gasteiger partial charge on any atom is 0.339 e. The lowest BCUT2D eigenvalue weighted by Gasteiger charge is -2.16. The smallest absolute Gasteiger partial charge is 0.339 e. The van der Waals surface area contributed by atoms with E-state index in [1.165, 1.54) is 13.4 Å². The molecule has 3 aromatic rings. The van der Waals surface area contributed by atoms with Crippen LogP contribution in [-0.4, -0.2) is 37.3 Å². The SMILES string of the molecule is COC(=O)c1ccccc1Nc1ncnc(Nc2cc(OC)ccc2OC)c1N. The molecule has 0 spiro atoms. The first kappa shape index (κ1) is 19.7. The molecule has 0 bridgehead atoms. The van der Waals surface area contributed by atoms with Gasteiger partial charge in [-0.2, -0.15) is 0 Å². The zero-order valence-electron chi connectivity index (χ0n) is 16.2. The van der Waals surface area contributed by atoms with Crippen molar-refractivity contribution in [3.63, 3.8) is 0 Å². The number of methoxy groups -OCH3 is 3. The Morgan fingerprint density at radius 3 is 2.28 bits per heavy atom. The maximum absolute atomic E-state index is 12.0. The van der Waals surface area contributed by atoms with Gasteiger partial charge < -0.3 is 30.6 Å². The van der Waals surface area contributed by atoms with Gasteiger partial charge in [-0.25, -0.2) is 14.8 Å². The summed E-state index contributed by atoms with van der Waals surface area (Å²) < 4.78 is 15.4. The van der Waals surface area contributed by atoms with Gasteiger partial charge in [-0.15, -0.1) is 0 Å². The minimum absolute atomic E-state index is 0.261. The molecule has 1 heterocycles. The summed E-state index contributed by atoms with van der Waals surface area (Å²) in [6, 6.07) is 12.2. The van der Waals surface area contributed by atoms with Crippen molar-refractivity contribution >= 4 is 34.7 Å². The Morgan fingerprint density at radius 1 is 0.931 bits per heavy atom. The van der Waals surface area contributed by atoms with Crippen LogP contribution in [0, 0.1) is 0 Å². The molecule has 150 valence electrons. The standard InChI is InChI=1S/C20H21N5O4/c1-27-12-8-9-16(28-2)15(10-12)25-19-17(21)18(22-11-23-19)24-14-7-5-4-6-13(14)20(26)29-3/h4-11H,21H2,1-3H3,(H2,22,23,24,25). The molecule has 0 aliphatic heterocycles. The molecule has 9 nitrogen and oxygen atoms in total. The number of nitrogens with one attached hydrogen (secondary N) is 2. The van der Waals surface area contributed by atoms with E-state index in [-0.39, 0.29) is 5.69 Å². The van der Waals surface area contributed by atoms with Crippen LogP contribution >= 0.6 is 0 Å². The minimum Gasteiger partial charge on any atom is -0.497 e. The normalized spacial score (nSPS) is 10.2. The van der Waals surface area contributed by atoms with Gasteiger partial charge in [-0.1, -0.05) is 12.1 Å². The van der Waals surface area contributed by atoms with Gasteiger partial charge in [0.1, 0.15) is 23.5 Å². The summed E-state index contributed by atoms with van der Waals surface area (Å²) in [5.74, 6) is 1.46. The Kier molecular flexibility index (Phi) is 5.98. The number of rotatable bonds is 7. The molecule has 0 saturated carbocycles. The molecule has 9 heteroatoms. The van der Waals surface area contributed by atoms with E-state index in [0.717, 1.165) is 0 Å². The lowest BCUT2D eigenvalue weighted by molar-refractivity contribution is 0.0602. The monoisotopic (exact) mass is 395 g/mol. The number of nitrogens with zero attached hydrogens (tertiary/aromatic N) is 2. The molecule has 0 saturated heterocycles. The third kappa shape index (κ3) is 4.29. The molecule has 0 aliphatic carbocycles. The van der Waals surface area contributed by atoms with E-state index < -0.39 is 5.97 Å². The molecule has 3 rings (SSSR count). The number of anilines is 5. The summed E-state index contributed by atoms with van der Waals surface area (Å²) in [4.78, 5) is 20.4. The summed E-state index contributed by atoms with van der Waals surface area (Å²) in [6.07, 6.45) is 1.36. The van der Waals surface area contributed by atoms with Crippen LogP contribution < -0.4 is 25.8 Å². The van der Waals surface area contributed by atoms with Crippen LogP contribution in [0.4, 0.5) is 28.7 Å². The van der Waals surface area contributed by atoms with Crippen LogP contribution in [0.5, 0.6) is 11.5 Å². The van der Waals surface area contributed by atoms with Crippen molar-refractivity contribution in [3.8, 4) is 11.5 Å². The third-order valence-electron chi connectivity index (χ3n) is 4.13. The molecule has 0 radical (unpaired) electrons. The Balaban J connectivity index is 1.93. The predicted molar refractivity (Wildman–Crippen MR) is 110 cm³/mol. The molecule has 1 aromatic heterocycles. The summed E-state index contributed by atoms with van der Waals surface area (Å²) in [5, 5.41) is 6.19. The van der Waals surface area contributed by atoms with E-state index in [0.29, 0.717) is 40.1 Å². The summed E-state index contributed by atoms with van der Waals surface area (Å²) in [7, 11) is 4.46. The van der Waals surface area contributed by atoms with Gasteiger partial charge >= 0.3 is 5.97 Å². The molecule has 0 aliphatic rings. The fraction of sp³-hybridized carbons (Fsp3) is 0.150. The van der Waals surface area contributed by atoms with Crippen LogP contribution in [0.2, 0.25) is 0 Å². The van der Waals surface area contributed by atoms with Crippen molar-refractivity contribution in [2.24, 2.45) is 0 Å². The molecule has 29 heavy (non-hydrogen) atoms. The summed E-state index contributed by atoms with van der Waals surface area (Å²) in [5.41, 5.74) is 8.01. The molecule has 0 fully saturated rings. The highest BCUT2D eigenvalue weighted by molar-refractivity contribution is 5.97. The molecule has 4 N–H and O–H groups in total. The van der Waals surface area contributed by atoms with Crippen LogP contribution in [0.25, 0.3) is 0 Å². The highest BCUT2D eigenvalue weighted by Gasteiger charge is 2.15. The van der Waals surface area contributed by atoms with Gasteiger partial charge in [0, 0.05) is 6.07 Å². The van der Waals surface area contributed by atoms with E-state index in [2.05, 4.69) is 20.6 Å². The highest BCUT2D eigenvalue weighted by Crippen LogP contribution is 2.34. The first-order valence-electron chi connectivity index (χ1n) is 8.61. The Labute approximate surface area is 167 Å². The number of nitrogens with two attached hydrogens (primary N) is 1. The summed E-state index contributed by atoms with van der Waals surface area (Å²) in [6.45, 7) is 0. The van der Waals surface area contributed by atoms with Crippen molar-refractivity contribution < 1.29 is 19.0 Å². The maximum atomic E-state index is 12.0. The second-order valence-corrected chi connectivity index (χ2v) is 5.84. The van der Waals surface area contributed by atoms with Gasteiger partial charge in [0.05, 0.1) is 38.3 Å². The molecular weight excluding hydrogens is 374 g/mol. The Bertz CT molecular complexity index is 1030. The van der Waals surface area contributed by atoms with Crippen LogP contribution in [-0.2, 0) is 4.74 Å². The second kappa shape index (κ2) is 8.79. The number of hydrogen-bond donors (Lipinski definition) is 3. The zero-order chi connectivity index (χ0) is 20.8. The van der Waals surface area contributed by atoms with Crippen molar-refractivity contribution in [3.05, 3.63) is 54.4 Å². The van der Waals surface area contributed by atoms with Gasteiger partial charge in [0.15, 0.2) is 11.6 Å². The van der Waals surface area contributed by atoms with E-state index in [1.54, 1.807) is 56.7 Å². The number of ether oxygens (including phenoxy) is 3. The van der Waals surface area contributed by atoms with Crippen LogP contribution in [0.3, 0.4) is 0 Å². The number of carbonyl (C=O) groups excluding carboxylic acids is 1. The number of benzene rings is 2. The molecule has 0 atom stereocenters. The lowest BCUT2D eigenvalue weighted by atomic mass is 10.2. The van der Waals surface area contributed by atoms with E-state index in [4.69, 9.17) is 19.9 Å². The number of para-hydroxylation sites is 1. The van der Waals surface area contributed by atoms with Gasteiger partial charge in [-0.3, -0.25) is 0 Å². The number of aromatic nitrogens is 2. The third-order valence-corrected chi connectivity index (χ3v) is 4.13. The quantitative estimate of drug-likeness (QED) is 0.517. The van der Waals surface area contributed by atoms with Crippen molar-refractivity contribution in [1.29, 1.82) is 0 Å². The van der Waals surface area contributed by atoms with E-state index in [9.17, 15) is 4.79 Å². The topological polar surface area (TPSA) is 121 Å².